The van der Waals surface area contributed by atoms with Crippen molar-refractivity contribution >= 4 is 33.8 Å². The molecule has 0 radical (unpaired) electrons. The Kier molecular flexibility index (Phi) is 11.5. The molecule has 3 N–H and O–H groups in total. The Balaban J connectivity index is 1.38. The number of amides is 4. The molecular weight excluding hydrogens is 775 g/mol. The van der Waals surface area contributed by atoms with Gasteiger partial charge in [0.05, 0.1) is 29.1 Å². The summed E-state index contributed by atoms with van der Waals surface area (Å²) in [5.41, 5.74) is -2.83. The average molecular weight is 829 g/mol. The first kappa shape index (κ1) is 43.0. The fourth-order valence-corrected chi connectivity index (χ4v) is 8.78. The highest BCUT2D eigenvalue weighted by Crippen LogP contribution is 2.48. The lowest BCUT2D eigenvalue weighted by atomic mass is 9.85. The Morgan fingerprint density at radius 3 is 2.33 bits per heavy atom. The normalized spacial score (nSPS) is 28.6. The molecule has 2 saturated carbocycles. The van der Waals surface area contributed by atoms with Crippen LogP contribution in [-0.4, -0.2) is 91.0 Å². The molecule has 0 spiro atoms. The Morgan fingerprint density at radius 2 is 1.71 bits per heavy atom. The molecule has 2 heterocycles. The number of carbonyl (C=O) groups is 4. The standard InChI is InChI=1S/C42H54F2N4O9S/c1-8-28-23-41(28,36(51)47-58(53,54)40(7)18-19-40)46-34(49)31-22-29-24-48(31)35(50)33(38(2,3)4)45-37(52)55-25-39(5,6)56-20-12-17-42(43,44)30-21-27(15-16-32(30)57-29)26-13-10-9-11-14-26/h9-17,21,28-29,31,33H,8,18-20,22-25H2,1-7H3,(H,45,52)(H,46,49)(H,47,51)/b17-12+/t28-,29?,31+,33-,41?/m1/s1. The fraction of sp³-hybridized carbons (Fsp3) is 0.571. The SMILES string of the molecule is CC[C@@H]1CC1(NC(=O)[C@@H]1CC2CN1C(=O)[C@H](C(C)(C)C)NC(=O)OCC(C)(C)OC/C=C/C(F)(F)c1cc(-c3ccccc3)ccc1O2)C(=O)NS(=O)(=O)C1(C)CC1. The van der Waals surface area contributed by atoms with Crippen molar-refractivity contribution in [2.75, 3.05) is 19.8 Å². The number of ether oxygens (including phenoxy) is 3. The number of carbonyl (C=O) groups excluding carboxylic acids is 4. The maximum Gasteiger partial charge on any atom is 0.407 e. The second-order valence-electron chi connectivity index (χ2n) is 17.8. The van der Waals surface area contributed by atoms with E-state index in [2.05, 4.69) is 15.4 Å². The van der Waals surface area contributed by atoms with Crippen molar-refractivity contribution in [3.8, 4) is 16.9 Å². The molecule has 2 aliphatic heterocycles. The minimum Gasteiger partial charge on any atom is -0.488 e. The number of allylic oxidation sites excluding steroid dienone is 1. The summed E-state index contributed by atoms with van der Waals surface area (Å²) in [5, 5.41) is 5.45. The molecule has 2 aromatic carbocycles. The lowest BCUT2D eigenvalue weighted by Crippen LogP contribution is -2.60. The van der Waals surface area contributed by atoms with Crippen LogP contribution in [-0.2, 0) is 39.8 Å². The lowest BCUT2D eigenvalue weighted by Gasteiger charge is -2.35. The second kappa shape index (κ2) is 15.6. The van der Waals surface area contributed by atoms with Crippen molar-refractivity contribution in [3.05, 3.63) is 66.2 Å². The number of cyclic esters (lactones) is 1. The highest BCUT2D eigenvalue weighted by molar-refractivity contribution is 7.91. The van der Waals surface area contributed by atoms with Crippen LogP contribution in [0.1, 0.15) is 86.1 Å². The van der Waals surface area contributed by atoms with Gasteiger partial charge in [0, 0.05) is 6.42 Å². The third kappa shape index (κ3) is 9.02. The molecule has 2 bridgehead atoms. The molecule has 13 nitrogen and oxygen atoms in total. The van der Waals surface area contributed by atoms with Crippen molar-refractivity contribution in [1.82, 2.24) is 20.3 Å². The number of halogens is 2. The summed E-state index contributed by atoms with van der Waals surface area (Å²) in [7, 11) is -4.04. The molecule has 0 aromatic heterocycles. The molecule has 2 aliphatic carbocycles. The van der Waals surface area contributed by atoms with E-state index >= 15 is 8.78 Å². The molecule has 3 fully saturated rings. The van der Waals surface area contributed by atoms with E-state index in [1.54, 1.807) is 71.9 Å². The molecule has 5 atom stereocenters. The van der Waals surface area contributed by atoms with E-state index in [4.69, 9.17) is 14.2 Å². The molecular formula is C42H54F2N4O9S. The molecule has 4 aliphatic rings. The van der Waals surface area contributed by atoms with Gasteiger partial charge in [-0.2, -0.15) is 8.78 Å². The third-order valence-electron chi connectivity index (χ3n) is 11.6. The molecule has 2 aromatic rings. The third-order valence-corrected chi connectivity index (χ3v) is 13.8. The minimum atomic E-state index is -4.04. The summed E-state index contributed by atoms with van der Waals surface area (Å²) < 4.78 is 77.4. The highest BCUT2D eigenvalue weighted by Gasteiger charge is 2.63. The van der Waals surface area contributed by atoms with Crippen LogP contribution in [0.4, 0.5) is 13.6 Å². The second-order valence-corrected chi connectivity index (χ2v) is 20.0. The van der Waals surface area contributed by atoms with Crippen LogP contribution in [0.15, 0.2) is 60.7 Å². The Bertz CT molecular complexity index is 2070. The van der Waals surface area contributed by atoms with E-state index in [0.717, 1.165) is 0 Å². The quantitative estimate of drug-likeness (QED) is 0.302. The van der Waals surface area contributed by atoms with Crippen LogP contribution in [0, 0.1) is 11.3 Å². The Labute approximate surface area is 338 Å². The van der Waals surface area contributed by atoms with E-state index in [-0.39, 0.29) is 44.3 Å². The number of fused-ring (bicyclic) bond motifs is 3. The lowest BCUT2D eigenvalue weighted by molar-refractivity contribution is -0.143. The summed E-state index contributed by atoms with van der Waals surface area (Å²) in [6, 6.07) is 10.9. The van der Waals surface area contributed by atoms with Crippen molar-refractivity contribution < 1.29 is 50.6 Å². The minimum absolute atomic E-state index is 0.172. The summed E-state index contributed by atoms with van der Waals surface area (Å²) >= 11 is 0. The van der Waals surface area contributed by atoms with Crippen molar-refractivity contribution in [2.45, 2.75) is 121 Å². The number of sulfonamides is 1. The number of alkyl carbamates (subject to hydrolysis) is 1. The smallest absolute Gasteiger partial charge is 0.407 e. The summed E-state index contributed by atoms with van der Waals surface area (Å²) in [4.78, 5) is 57.2. The predicted molar refractivity (Wildman–Crippen MR) is 211 cm³/mol. The number of nitrogens with one attached hydrogen (secondary N) is 3. The zero-order valence-corrected chi connectivity index (χ0v) is 34.8. The molecule has 4 amide bonds. The van der Waals surface area contributed by atoms with Crippen molar-refractivity contribution in [1.29, 1.82) is 0 Å². The summed E-state index contributed by atoms with van der Waals surface area (Å²) in [5.74, 6) is -6.42. The monoisotopic (exact) mass is 828 g/mol. The molecule has 316 valence electrons. The maximum atomic E-state index is 16.3. The van der Waals surface area contributed by atoms with Gasteiger partial charge in [-0.05, 0) is 80.7 Å². The largest absolute Gasteiger partial charge is 0.488 e. The summed E-state index contributed by atoms with van der Waals surface area (Å²) in [6.07, 6.45) is 1.19. The van der Waals surface area contributed by atoms with Crippen LogP contribution in [0.5, 0.6) is 5.75 Å². The van der Waals surface area contributed by atoms with Crippen LogP contribution >= 0.6 is 0 Å². The number of alkyl halides is 2. The molecule has 2 unspecified atom stereocenters. The molecule has 58 heavy (non-hydrogen) atoms. The highest BCUT2D eigenvalue weighted by atomic mass is 32.2. The first-order valence-corrected chi connectivity index (χ1v) is 21.2. The van der Waals surface area contributed by atoms with E-state index < -0.39 is 84.8 Å². The number of hydrogen-bond donors (Lipinski definition) is 3. The van der Waals surface area contributed by atoms with Gasteiger partial charge in [-0.1, -0.05) is 76.6 Å². The van der Waals surface area contributed by atoms with Crippen LogP contribution < -0.4 is 20.1 Å². The van der Waals surface area contributed by atoms with Gasteiger partial charge in [0.15, 0.2) is 0 Å². The summed E-state index contributed by atoms with van der Waals surface area (Å²) in [6.45, 7) is 11.0. The van der Waals surface area contributed by atoms with Gasteiger partial charge in [0.2, 0.25) is 21.8 Å². The number of rotatable bonds is 7. The van der Waals surface area contributed by atoms with Crippen molar-refractivity contribution in [3.63, 3.8) is 0 Å². The van der Waals surface area contributed by atoms with Gasteiger partial charge in [-0.15, -0.1) is 0 Å². The topological polar surface area (TPSA) is 169 Å². The average Bonchev–Trinajstić information content (AvgIpc) is 4.04. The van der Waals surface area contributed by atoms with Gasteiger partial charge in [0.1, 0.15) is 36.1 Å². The van der Waals surface area contributed by atoms with E-state index in [0.29, 0.717) is 36.5 Å². The first-order valence-electron chi connectivity index (χ1n) is 19.7. The van der Waals surface area contributed by atoms with Gasteiger partial charge >= 0.3 is 6.09 Å². The molecule has 1 saturated heterocycles. The zero-order valence-electron chi connectivity index (χ0n) is 34.0. The van der Waals surface area contributed by atoms with Crippen LogP contribution in [0.3, 0.4) is 0 Å². The van der Waals surface area contributed by atoms with E-state index in [9.17, 15) is 27.6 Å². The zero-order chi connectivity index (χ0) is 42.5. The van der Waals surface area contributed by atoms with Gasteiger partial charge in [-0.3, -0.25) is 19.1 Å². The fourth-order valence-electron chi connectivity index (χ4n) is 7.47. The molecule has 6 rings (SSSR count). The van der Waals surface area contributed by atoms with Gasteiger partial charge < -0.3 is 29.7 Å². The van der Waals surface area contributed by atoms with Crippen LogP contribution in [0.2, 0.25) is 0 Å². The number of nitrogens with zero attached hydrogens (tertiary/aromatic N) is 1. The predicted octanol–water partition coefficient (Wildman–Crippen LogP) is 5.58. The number of hydrogen-bond acceptors (Lipinski definition) is 9. The van der Waals surface area contributed by atoms with Crippen molar-refractivity contribution in [2.24, 2.45) is 11.3 Å². The van der Waals surface area contributed by atoms with E-state index in [1.165, 1.54) is 23.1 Å². The Hall–Kier alpha value is -4.57. The van der Waals surface area contributed by atoms with Crippen LogP contribution in [0.25, 0.3) is 11.1 Å². The Morgan fingerprint density at radius 1 is 1.02 bits per heavy atom. The maximum absolute atomic E-state index is 16.3. The van der Waals surface area contributed by atoms with Gasteiger partial charge in [-0.25, -0.2) is 13.2 Å². The first-order chi connectivity index (χ1) is 27.0. The van der Waals surface area contributed by atoms with E-state index in [1.807, 2.05) is 13.0 Å². The molecule has 16 heteroatoms. The number of benzene rings is 2. The van der Waals surface area contributed by atoms with Gasteiger partial charge in [0.25, 0.3) is 11.8 Å².